The van der Waals surface area contributed by atoms with Crippen LogP contribution in [-0.4, -0.2) is 49.8 Å². The lowest BCUT2D eigenvalue weighted by atomic mass is 10.1. The molecule has 4 atom stereocenters. The van der Waals surface area contributed by atoms with Crippen LogP contribution in [0.5, 0.6) is 5.75 Å². The summed E-state index contributed by atoms with van der Waals surface area (Å²) in [5, 5.41) is 37.1. The first kappa shape index (κ1) is 14.0. The summed E-state index contributed by atoms with van der Waals surface area (Å²) < 4.78 is 18.6. The number of hydrogen-bond donors (Lipinski definition) is 3. The van der Waals surface area contributed by atoms with Crippen LogP contribution in [0.2, 0.25) is 0 Å². The summed E-state index contributed by atoms with van der Waals surface area (Å²) in [5.74, 6) is -0.595. The lowest BCUT2D eigenvalue weighted by Gasteiger charge is -2.34. The largest absolute Gasteiger partial charge is 0.475 e. The summed E-state index contributed by atoms with van der Waals surface area (Å²) in [6, 6.07) is 2.56. The van der Waals surface area contributed by atoms with Crippen molar-refractivity contribution in [2.45, 2.75) is 23.7 Å². The van der Waals surface area contributed by atoms with E-state index in [9.17, 15) is 19.7 Å². The van der Waals surface area contributed by atoms with Gasteiger partial charge in [-0.25, -0.2) is 9.37 Å². The average Bonchev–Trinajstić information content (AvgIpc) is 2.40. The van der Waals surface area contributed by atoms with E-state index in [1.54, 1.807) is 6.07 Å². The van der Waals surface area contributed by atoms with Crippen LogP contribution in [-0.2, 0) is 0 Å². The van der Waals surface area contributed by atoms with Gasteiger partial charge in [0.25, 0.3) is 0 Å². The van der Waals surface area contributed by atoms with Gasteiger partial charge in [-0.3, -0.25) is 0 Å². The predicted octanol–water partition coefficient (Wildman–Crippen LogP) is -0.373. The Morgan fingerprint density at radius 2 is 2.16 bits per heavy atom. The van der Waals surface area contributed by atoms with Gasteiger partial charge in [-0.05, 0) is 0 Å². The Labute approximate surface area is 112 Å². The molecule has 6 nitrogen and oxygen atoms in total. The fraction of sp³-hybridized carbons (Fsp3) is 0.455. The van der Waals surface area contributed by atoms with E-state index in [1.807, 2.05) is 0 Å². The van der Waals surface area contributed by atoms with Crippen molar-refractivity contribution in [3.63, 3.8) is 0 Å². The van der Waals surface area contributed by atoms with Crippen LogP contribution in [0.15, 0.2) is 12.3 Å². The van der Waals surface area contributed by atoms with E-state index >= 15 is 0 Å². The Balaban J connectivity index is 2.09. The fourth-order valence-electron chi connectivity index (χ4n) is 1.58. The van der Waals surface area contributed by atoms with Crippen LogP contribution >= 0.6 is 11.8 Å². The third-order valence-electron chi connectivity index (χ3n) is 2.63. The lowest BCUT2D eigenvalue weighted by Crippen LogP contribution is -2.50. The number of nitriles is 1. The Morgan fingerprint density at radius 3 is 2.79 bits per heavy atom. The van der Waals surface area contributed by atoms with Crippen molar-refractivity contribution in [1.29, 1.82) is 5.26 Å². The number of aromatic nitrogens is 1. The molecule has 2 heterocycles. The van der Waals surface area contributed by atoms with Crippen LogP contribution in [0.1, 0.15) is 5.69 Å². The molecule has 1 fully saturated rings. The highest BCUT2D eigenvalue weighted by Gasteiger charge is 2.38. The molecule has 0 spiro atoms. The molecule has 1 aromatic rings. The minimum atomic E-state index is -1.32. The van der Waals surface area contributed by atoms with Crippen molar-refractivity contribution in [1.82, 2.24) is 4.98 Å². The number of halogens is 1. The molecule has 2 rings (SSSR count). The maximum absolute atomic E-state index is 13.3. The Kier molecular flexibility index (Phi) is 4.21. The second kappa shape index (κ2) is 5.71. The lowest BCUT2D eigenvalue weighted by molar-refractivity contribution is -0.0786. The molecular formula is C11H11FN2O4S. The molecule has 0 aliphatic carbocycles. The standard InChI is InChI=1S/C11H11FN2O4S/c12-6-1-5(3-14-7(6)2-13)18-11-10(17)9(16)8(15)4-19-11/h1,3,8-11,15-17H,4H2/t8-,9+,10-,11+/m1/s1. The van der Waals surface area contributed by atoms with E-state index in [2.05, 4.69) is 4.98 Å². The van der Waals surface area contributed by atoms with Crippen molar-refractivity contribution in [2.75, 3.05) is 5.75 Å². The second-order valence-electron chi connectivity index (χ2n) is 3.98. The molecule has 0 radical (unpaired) electrons. The molecule has 0 amide bonds. The van der Waals surface area contributed by atoms with Gasteiger partial charge in [-0.1, -0.05) is 0 Å². The number of nitrogens with zero attached hydrogens (tertiary/aromatic N) is 2. The molecule has 0 saturated carbocycles. The zero-order chi connectivity index (χ0) is 14.0. The first-order valence-electron chi connectivity index (χ1n) is 5.41. The van der Waals surface area contributed by atoms with Crippen LogP contribution < -0.4 is 4.74 Å². The Morgan fingerprint density at radius 1 is 1.42 bits per heavy atom. The quantitative estimate of drug-likeness (QED) is 0.680. The highest BCUT2D eigenvalue weighted by molar-refractivity contribution is 7.99. The summed E-state index contributed by atoms with van der Waals surface area (Å²) >= 11 is 1.10. The number of hydrogen-bond acceptors (Lipinski definition) is 7. The normalized spacial score (nSPS) is 30.7. The molecule has 102 valence electrons. The van der Waals surface area contributed by atoms with Gasteiger partial charge >= 0.3 is 0 Å². The van der Waals surface area contributed by atoms with E-state index < -0.39 is 29.6 Å². The fourth-order valence-corrected chi connectivity index (χ4v) is 2.71. The predicted molar refractivity (Wildman–Crippen MR) is 63.8 cm³/mol. The zero-order valence-electron chi connectivity index (χ0n) is 9.60. The second-order valence-corrected chi connectivity index (χ2v) is 5.11. The van der Waals surface area contributed by atoms with E-state index in [0.29, 0.717) is 0 Å². The number of rotatable bonds is 2. The molecule has 0 bridgehead atoms. The monoisotopic (exact) mass is 286 g/mol. The summed E-state index contributed by atoms with van der Waals surface area (Å²) in [6.07, 6.45) is -2.49. The van der Waals surface area contributed by atoms with Gasteiger partial charge in [0.15, 0.2) is 16.9 Å². The molecule has 0 unspecified atom stereocenters. The summed E-state index contributed by atoms with van der Waals surface area (Å²) in [6.45, 7) is 0. The number of aliphatic hydroxyl groups is 3. The summed E-state index contributed by atoms with van der Waals surface area (Å²) in [7, 11) is 0. The maximum atomic E-state index is 13.3. The molecular weight excluding hydrogens is 275 g/mol. The van der Waals surface area contributed by atoms with Crippen LogP contribution in [0.4, 0.5) is 4.39 Å². The topological polar surface area (TPSA) is 107 Å². The van der Waals surface area contributed by atoms with Gasteiger partial charge in [0.2, 0.25) is 0 Å². The molecule has 3 N–H and O–H groups in total. The van der Waals surface area contributed by atoms with E-state index in [1.165, 1.54) is 0 Å². The first-order valence-corrected chi connectivity index (χ1v) is 6.46. The van der Waals surface area contributed by atoms with Gasteiger partial charge in [0.1, 0.15) is 24.0 Å². The molecule has 1 aliphatic rings. The van der Waals surface area contributed by atoms with Crippen molar-refractivity contribution in [3.05, 3.63) is 23.8 Å². The highest BCUT2D eigenvalue weighted by Crippen LogP contribution is 2.29. The highest BCUT2D eigenvalue weighted by atomic mass is 32.2. The Bertz CT molecular complexity index is 510. The number of pyridine rings is 1. The Hall–Kier alpha value is -1.40. The molecule has 19 heavy (non-hydrogen) atoms. The van der Waals surface area contributed by atoms with Gasteiger partial charge in [0, 0.05) is 11.8 Å². The smallest absolute Gasteiger partial charge is 0.176 e. The van der Waals surface area contributed by atoms with E-state index in [0.717, 1.165) is 24.0 Å². The van der Waals surface area contributed by atoms with Crippen molar-refractivity contribution in [3.8, 4) is 11.8 Å². The van der Waals surface area contributed by atoms with Crippen LogP contribution in [0, 0.1) is 17.1 Å². The molecule has 1 aliphatic heterocycles. The molecule has 1 saturated heterocycles. The minimum absolute atomic E-state index is 0.0386. The van der Waals surface area contributed by atoms with E-state index in [4.69, 9.17) is 10.00 Å². The number of aliphatic hydroxyl groups excluding tert-OH is 3. The number of ether oxygens (including phenoxy) is 1. The van der Waals surface area contributed by atoms with E-state index in [-0.39, 0.29) is 17.2 Å². The first-order chi connectivity index (χ1) is 9.02. The molecule has 0 aromatic carbocycles. The average molecular weight is 286 g/mol. The minimum Gasteiger partial charge on any atom is -0.475 e. The zero-order valence-corrected chi connectivity index (χ0v) is 10.4. The molecule has 8 heteroatoms. The van der Waals surface area contributed by atoms with Crippen molar-refractivity contribution >= 4 is 11.8 Å². The van der Waals surface area contributed by atoms with Gasteiger partial charge in [-0.15, -0.1) is 11.8 Å². The number of thioether (sulfide) groups is 1. The molecule has 1 aromatic heterocycles. The summed E-state index contributed by atoms with van der Waals surface area (Å²) in [4.78, 5) is 3.56. The van der Waals surface area contributed by atoms with Gasteiger partial charge in [-0.2, -0.15) is 5.26 Å². The third kappa shape index (κ3) is 2.96. The van der Waals surface area contributed by atoms with Gasteiger partial charge in [0.05, 0.1) is 12.3 Å². The van der Waals surface area contributed by atoms with Gasteiger partial charge < -0.3 is 20.1 Å². The van der Waals surface area contributed by atoms with Crippen LogP contribution in [0.25, 0.3) is 0 Å². The van der Waals surface area contributed by atoms with Crippen molar-refractivity contribution < 1.29 is 24.4 Å². The van der Waals surface area contributed by atoms with Crippen LogP contribution in [0.3, 0.4) is 0 Å². The summed E-state index contributed by atoms with van der Waals surface area (Å²) in [5.41, 5.74) is -1.19. The SMILES string of the molecule is N#Cc1ncc(O[C@H]2SC[C@@H](O)[C@H](O)[C@H]2O)cc1F. The maximum Gasteiger partial charge on any atom is 0.176 e. The van der Waals surface area contributed by atoms with Crippen molar-refractivity contribution in [2.24, 2.45) is 0 Å². The third-order valence-corrected chi connectivity index (χ3v) is 3.87.